The fourth-order valence-electron chi connectivity index (χ4n) is 3.42. The third-order valence-corrected chi connectivity index (χ3v) is 6.46. The van der Waals surface area contributed by atoms with Crippen LogP contribution in [-0.4, -0.2) is 16.5 Å². The van der Waals surface area contributed by atoms with Crippen LogP contribution < -0.4 is 0 Å². The Labute approximate surface area is 162 Å². The van der Waals surface area contributed by atoms with Crippen molar-refractivity contribution in [3.05, 3.63) is 56.5 Å². The maximum absolute atomic E-state index is 8.94. The molecule has 2 aromatic carbocycles. The molecule has 0 amide bonds. The summed E-state index contributed by atoms with van der Waals surface area (Å²) in [7, 11) is 0. The molecule has 23 heavy (non-hydrogen) atoms. The fourth-order valence-corrected chi connectivity index (χ4v) is 5.08. The molecule has 0 saturated heterocycles. The number of aliphatic hydroxyl groups is 1. The van der Waals surface area contributed by atoms with Crippen LogP contribution in [0.15, 0.2) is 45.3 Å². The molecule has 1 atom stereocenters. The van der Waals surface area contributed by atoms with Gasteiger partial charge >= 0.3 is 0 Å². The Morgan fingerprint density at radius 3 is 1.96 bits per heavy atom. The molecule has 0 fully saturated rings. The lowest BCUT2D eigenvalue weighted by atomic mass is 9.91. The molecule has 1 aliphatic rings. The van der Waals surface area contributed by atoms with Gasteiger partial charge in [-0.3, -0.25) is 0 Å². The summed E-state index contributed by atoms with van der Waals surface area (Å²) in [6, 6.07) is 13.2. The normalized spacial score (nSPS) is 14.6. The Balaban J connectivity index is 1.93. The van der Waals surface area contributed by atoms with Gasteiger partial charge in [-0.05, 0) is 59.4 Å². The smallest absolute Gasteiger partial charge is 0.0431 e. The van der Waals surface area contributed by atoms with E-state index in [0.717, 1.165) is 34.6 Å². The van der Waals surface area contributed by atoms with Gasteiger partial charge in [0.15, 0.2) is 0 Å². The molecule has 0 spiro atoms. The van der Waals surface area contributed by atoms with E-state index in [1.165, 1.54) is 22.3 Å². The first-order chi connectivity index (χ1) is 11.1. The summed E-state index contributed by atoms with van der Waals surface area (Å²) >= 11 is 11.2. The minimum Gasteiger partial charge on any atom is -0.396 e. The first-order valence-electron chi connectivity index (χ1n) is 7.96. The number of alkyl halides is 1. The van der Waals surface area contributed by atoms with Crippen LogP contribution in [0.4, 0.5) is 0 Å². The third kappa shape index (κ3) is 3.76. The number of hydrogen-bond acceptors (Lipinski definition) is 1. The first-order valence-corrected chi connectivity index (χ1v) is 10.5. The average Bonchev–Trinajstić information content (AvgIpc) is 2.83. The third-order valence-electron chi connectivity index (χ3n) is 4.49. The van der Waals surface area contributed by atoms with Gasteiger partial charge in [-0.15, -0.1) is 0 Å². The maximum Gasteiger partial charge on any atom is 0.0431 e. The van der Waals surface area contributed by atoms with Crippen molar-refractivity contribution in [2.45, 2.75) is 36.4 Å². The van der Waals surface area contributed by atoms with Gasteiger partial charge in [-0.1, -0.05) is 72.8 Å². The van der Waals surface area contributed by atoms with Crippen molar-refractivity contribution < 1.29 is 5.11 Å². The van der Waals surface area contributed by atoms with Crippen molar-refractivity contribution in [1.29, 1.82) is 0 Å². The zero-order chi connectivity index (χ0) is 16.4. The molecule has 0 aliphatic heterocycles. The Kier molecular flexibility index (Phi) is 6.00. The summed E-state index contributed by atoms with van der Waals surface area (Å²) in [4.78, 5) is 0.407. The van der Waals surface area contributed by atoms with Crippen molar-refractivity contribution in [2.75, 3.05) is 6.61 Å². The number of benzene rings is 2. The second-order valence-electron chi connectivity index (χ2n) is 6.03. The largest absolute Gasteiger partial charge is 0.396 e. The fraction of sp³-hybridized carbons (Fsp3) is 0.368. The van der Waals surface area contributed by atoms with E-state index in [2.05, 4.69) is 84.2 Å². The molecule has 2 aromatic rings. The highest BCUT2D eigenvalue weighted by Gasteiger charge is 2.33. The molecular formula is C19H19Br3O. The summed E-state index contributed by atoms with van der Waals surface area (Å²) < 4.78 is 2.27. The van der Waals surface area contributed by atoms with E-state index in [4.69, 9.17) is 5.11 Å². The molecule has 0 radical (unpaired) electrons. The topological polar surface area (TPSA) is 20.2 Å². The van der Waals surface area contributed by atoms with Crippen molar-refractivity contribution >= 4 is 47.8 Å². The predicted molar refractivity (Wildman–Crippen MR) is 107 cm³/mol. The summed E-state index contributed by atoms with van der Waals surface area (Å²) in [5.41, 5.74) is 5.49. The Morgan fingerprint density at radius 1 is 0.870 bits per heavy atom. The van der Waals surface area contributed by atoms with Crippen molar-refractivity contribution in [2.24, 2.45) is 0 Å². The lowest BCUT2D eigenvalue weighted by molar-refractivity contribution is 0.282. The van der Waals surface area contributed by atoms with Crippen LogP contribution in [0.3, 0.4) is 0 Å². The summed E-state index contributed by atoms with van der Waals surface area (Å²) in [5.74, 6) is 0.379. The quantitative estimate of drug-likeness (QED) is 0.347. The minimum atomic E-state index is 0.294. The summed E-state index contributed by atoms with van der Waals surface area (Å²) in [6.07, 6.45) is 4.24. The van der Waals surface area contributed by atoms with E-state index in [1.54, 1.807) is 0 Å². The zero-order valence-electron chi connectivity index (χ0n) is 12.7. The maximum atomic E-state index is 8.94. The van der Waals surface area contributed by atoms with Crippen LogP contribution in [0.25, 0.3) is 11.1 Å². The molecule has 0 aromatic heterocycles. The standard InChI is InChI=1S/C19H19Br3O/c20-12-5-7-14-15-8-6-13(21)11-17(15)19(16(14)10-12)18(22)4-2-1-3-9-23/h5-8,10-11,18-19,23H,1-4,9H2. The average molecular weight is 503 g/mol. The molecule has 0 heterocycles. The summed E-state index contributed by atoms with van der Waals surface area (Å²) in [6.45, 7) is 0.294. The van der Waals surface area contributed by atoms with Crippen LogP contribution in [0.5, 0.6) is 0 Å². The van der Waals surface area contributed by atoms with E-state index in [9.17, 15) is 0 Å². The monoisotopic (exact) mass is 500 g/mol. The van der Waals surface area contributed by atoms with Crippen molar-refractivity contribution in [3.63, 3.8) is 0 Å². The number of unbranched alkanes of at least 4 members (excludes halogenated alkanes) is 2. The Morgan fingerprint density at radius 2 is 1.43 bits per heavy atom. The van der Waals surface area contributed by atoms with Gasteiger partial charge in [0.2, 0.25) is 0 Å². The number of rotatable bonds is 6. The highest BCUT2D eigenvalue weighted by molar-refractivity contribution is 9.10. The van der Waals surface area contributed by atoms with Gasteiger partial charge in [-0.25, -0.2) is 0 Å². The van der Waals surface area contributed by atoms with Crippen LogP contribution in [-0.2, 0) is 0 Å². The minimum absolute atomic E-state index is 0.294. The van der Waals surface area contributed by atoms with Crippen LogP contribution in [0, 0.1) is 0 Å². The van der Waals surface area contributed by atoms with Gasteiger partial charge in [-0.2, -0.15) is 0 Å². The summed E-state index contributed by atoms with van der Waals surface area (Å²) in [5, 5.41) is 8.94. The van der Waals surface area contributed by atoms with E-state index in [0.29, 0.717) is 17.4 Å². The predicted octanol–water partition coefficient (Wildman–Crippen LogP) is 6.64. The number of halogens is 3. The van der Waals surface area contributed by atoms with Crippen molar-refractivity contribution in [1.82, 2.24) is 0 Å². The molecule has 1 N–H and O–H groups in total. The van der Waals surface area contributed by atoms with Crippen LogP contribution in [0.2, 0.25) is 0 Å². The van der Waals surface area contributed by atoms with Crippen molar-refractivity contribution in [3.8, 4) is 11.1 Å². The number of hydrogen-bond donors (Lipinski definition) is 1. The van der Waals surface area contributed by atoms with E-state index in [-0.39, 0.29) is 0 Å². The molecule has 1 aliphatic carbocycles. The molecule has 3 rings (SSSR count). The lowest BCUT2D eigenvalue weighted by Crippen LogP contribution is -2.12. The molecular weight excluding hydrogens is 484 g/mol. The highest BCUT2D eigenvalue weighted by atomic mass is 79.9. The van der Waals surface area contributed by atoms with Crippen LogP contribution in [0.1, 0.15) is 42.7 Å². The lowest BCUT2D eigenvalue weighted by Gasteiger charge is -2.21. The highest BCUT2D eigenvalue weighted by Crippen LogP contribution is 2.50. The number of fused-ring (bicyclic) bond motifs is 3. The van der Waals surface area contributed by atoms with Gasteiger partial charge in [0.1, 0.15) is 0 Å². The second-order valence-corrected chi connectivity index (χ2v) is 9.04. The molecule has 122 valence electrons. The first kappa shape index (κ1) is 17.7. The SMILES string of the molecule is OCCCCCC(Br)C1c2cc(Br)ccc2-c2ccc(Br)cc21. The Hall–Kier alpha value is -0.160. The van der Waals surface area contributed by atoms with Gasteiger partial charge in [0.25, 0.3) is 0 Å². The molecule has 1 nitrogen and oxygen atoms in total. The molecule has 0 saturated carbocycles. The number of aliphatic hydroxyl groups excluding tert-OH is 1. The van der Waals surface area contributed by atoms with Crippen LogP contribution >= 0.6 is 47.8 Å². The second kappa shape index (κ2) is 7.81. The van der Waals surface area contributed by atoms with Gasteiger partial charge in [0.05, 0.1) is 0 Å². The zero-order valence-corrected chi connectivity index (χ0v) is 17.5. The molecule has 1 unspecified atom stereocenters. The molecule has 0 bridgehead atoms. The van der Waals surface area contributed by atoms with Gasteiger partial charge < -0.3 is 5.11 Å². The van der Waals surface area contributed by atoms with E-state index in [1.807, 2.05) is 0 Å². The van der Waals surface area contributed by atoms with Gasteiger partial charge in [0, 0.05) is 26.3 Å². The Bertz CT molecular complexity index is 648. The van der Waals surface area contributed by atoms with E-state index < -0.39 is 0 Å². The van der Waals surface area contributed by atoms with E-state index >= 15 is 0 Å². The molecule has 4 heteroatoms.